The molecule has 0 spiro atoms. The Kier molecular flexibility index (Phi) is 9.65. The van der Waals surface area contributed by atoms with E-state index >= 15 is 0 Å². The van der Waals surface area contributed by atoms with Crippen molar-refractivity contribution in [2.45, 2.75) is 34.6 Å². The van der Waals surface area contributed by atoms with Crippen LogP contribution in [0.25, 0.3) is 0 Å². The molecule has 0 aliphatic carbocycles. The lowest BCUT2D eigenvalue weighted by Gasteiger charge is -2.21. The Morgan fingerprint density at radius 3 is 1.79 bits per heavy atom. The number of carbonyl (C=O) groups is 1. The maximum absolute atomic E-state index is 12.8. The molecule has 0 bridgehead atoms. The molecule has 3 N–H and O–H groups in total. The zero-order valence-electron chi connectivity index (χ0n) is 17.9. The molecule has 0 aromatic heterocycles. The number of nitrogens with zero attached hydrogens (tertiary/aromatic N) is 1. The maximum Gasteiger partial charge on any atom is 0.436 e. The van der Waals surface area contributed by atoms with Crippen LogP contribution in [-0.2, 0) is 13.6 Å². The topological polar surface area (TPSA) is 91.7 Å². The van der Waals surface area contributed by atoms with Crippen LogP contribution in [0.3, 0.4) is 0 Å². The van der Waals surface area contributed by atoms with Crippen molar-refractivity contribution in [2.24, 2.45) is 11.8 Å². The number of carbonyl (C=O) groups excluding carboxylic acids is 1. The molecular formula is C19H34N4O4P+. The summed E-state index contributed by atoms with van der Waals surface area (Å²) in [5, 5.41) is 8.24. The first-order valence-electron chi connectivity index (χ1n) is 9.37. The van der Waals surface area contributed by atoms with Crippen LogP contribution in [0.15, 0.2) is 24.3 Å². The van der Waals surface area contributed by atoms with Gasteiger partial charge in [-0.05, 0) is 36.1 Å². The van der Waals surface area contributed by atoms with Crippen molar-refractivity contribution in [1.29, 1.82) is 0 Å². The number of benzene rings is 1. The fourth-order valence-electron chi connectivity index (χ4n) is 1.84. The third-order valence-electron chi connectivity index (χ3n) is 3.53. The fraction of sp³-hybridized carbons (Fsp3) is 0.579. The summed E-state index contributed by atoms with van der Waals surface area (Å²) in [7, 11) is 0.153. The summed E-state index contributed by atoms with van der Waals surface area (Å²) in [5.41, 5.74) is 1.45. The van der Waals surface area contributed by atoms with E-state index in [2.05, 4.69) is 15.7 Å². The molecule has 0 saturated heterocycles. The lowest BCUT2D eigenvalue weighted by Crippen LogP contribution is -2.29. The number of hydrogen-bond donors (Lipinski definition) is 3. The van der Waals surface area contributed by atoms with E-state index in [0.717, 1.165) is 11.5 Å². The Morgan fingerprint density at radius 2 is 1.39 bits per heavy atom. The zero-order valence-corrected chi connectivity index (χ0v) is 18.8. The molecule has 0 aliphatic rings. The second-order valence-corrected chi connectivity index (χ2v) is 9.36. The monoisotopic (exact) mass is 413 g/mol. The maximum atomic E-state index is 12.8. The summed E-state index contributed by atoms with van der Waals surface area (Å²) >= 11 is 0. The number of amides is 2. The van der Waals surface area contributed by atoms with Crippen molar-refractivity contribution < 1.29 is 23.0 Å². The van der Waals surface area contributed by atoms with Gasteiger partial charge in [0.1, 0.15) is 5.69 Å². The molecule has 0 aliphatic heterocycles. The van der Waals surface area contributed by atoms with Crippen LogP contribution in [-0.4, -0.2) is 43.8 Å². The first-order chi connectivity index (χ1) is 13.0. The van der Waals surface area contributed by atoms with Crippen molar-refractivity contribution in [1.82, 2.24) is 5.09 Å². The lowest BCUT2D eigenvalue weighted by molar-refractivity contribution is -0.464. The molecule has 158 valence electrons. The molecule has 0 unspecified atom stereocenters. The molecule has 0 fully saturated rings. The summed E-state index contributed by atoms with van der Waals surface area (Å²) in [5.74, 6) is 1.30. The molecule has 0 heterocycles. The van der Waals surface area contributed by atoms with Crippen LogP contribution in [0.2, 0.25) is 0 Å². The molecule has 1 aromatic carbocycles. The second kappa shape index (κ2) is 11.2. The molecular weight excluding hydrogens is 379 g/mol. The molecule has 28 heavy (non-hydrogen) atoms. The van der Waals surface area contributed by atoms with Gasteiger partial charge in [0.05, 0.1) is 27.3 Å². The van der Waals surface area contributed by atoms with Crippen LogP contribution < -0.4 is 15.7 Å². The molecule has 1 aromatic rings. The van der Waals surface area contributed by atoms with E-state index in [4.69, 9.17) is 9.05 Å². The van der Waals surface area contributed by atoms with Gasteiger partial charge in [0, 0.05) is 12.6 Å². The molecule has 0 radical (unpaired) electrons. The van der Waals surface area contributed by atoms with Gasteiger partial charge in [0.15, 0.2) is 0 Å². The van der Waals surface area contributed by atoms with Crippen LogP contribution in [0.4, 0.5) is 16.2 Å². The van der Waals surface area contributed by atoms with E-state index in [1.165, 1.54) is 0 Å². The number of hydrogen-bond acceptors (Lipinski definition) is 4. The highest BCUT2D eigenvalue weighted by atomic mass is 31.2. The Morgan fingerprint density at radius 1 is 0.964 bits per heavy atom. The van der Waals surface area contributed by atoms with Gasteiger partial charge in [-0.25, -0.2) is 19.8 Å². The molecule has 1 rings (SSSR count). The van der Waals surface area contributed by atoms with Crippen molar-refractivity contribution in [2.75, 3.05) is 37.9 Å². The average molecular weight is 413 g/mol. The van der Waals surface area contributed by atoms with E-state index in [0.29, 0.717) is 5.69 Å². The first kappa shape index (κ1) is 24.1. The molecule has 0 saturated carbocycles. The van der Waals surface area contributed by atoms with Gasteiger partial charge >= 0.3 is 13.8 Å². The van der Waals surface area contributed by atoms with Crippen LogP contribution >= 0.6 is 7.75 Å². The largest absolute Gasteiger partial charge is 0.436 e. The minimum absolute atomic E-state index is 0.156. The second-order valence-electron chi connectivity index (χ2n) is 7.62. The number of rotatable bonds is 9. The predicted octanol–water partition coefficient (Wildman–Crippen LogP) is 4.36. The first-order valence-corrected chi connectivity index (χ1v) is 10.9. The number of amidine groups is 1. The third kappa shape index (κ3) is 9.35. The Balaban J connectivity index is 2.72. The number of nitrogens with one attached hydrogen (secondary N) is 3. The van der Waals surface area contributed by atoms with E-state index in [9.17, 15) is 9.36 Å². The van der Waals surface area contributed by atoms with E-state index in [1.54, 1.807) is 12.1 Å². The van der Waals surface area contributed by atoms with Gasteiger partial charge in [0.2, 0.25) is 5.84 Å². The Bertz CT molecular complexity index is 697. The van der Waals surface area contributed by atoms with Gasteiger partial charge in [-0.3, -0.25) is 13.6 Å². The summed E-state index contributed by atoms with van der Waals surface area (Å²) in [6, 6.07) is 6.53. The lowest BCUT2D eigenvalue weighted by atomic mass is 10.2. The molecule has 9 heteroatoms. The molecule has 0 atom stereocenters. The zero-order chi connectivity index (χ0) is 21.3. The van der Waals surface area contributed by atoms with Gasteiger partial charge in [-0.1, -0.05) is 27.7 Å². The van der Waals surface area contributed by atoms with Crippen molar-refractivity contribution in [3.05, 3.63) is 24.3 Å². The predicted molar refractivity (Wildman–Crippen MR) is 114 cm³/mol. The third-order valence-corrected chi connectivity index (χ3v) is 4.99. The number of urea groups is 1. The minimum Gasteiger partial charge on any atom is -0.308 e. The summed E-state index contributed by atoms with van der Waals surface area (Å²) in [4.78, 5) is 12.3. The fourth-order valence-corrected chi connectivity index (χ4v) is 3.33. The molecule has 8 nitrogen and oxygen atoms in total. The van der Waals surface area contributed by atoms with E-state index in [1.807, 2.05) is 65.4 Å². The summed E-state index contributed by atoms with van der Waals surface area (Å²) in [6.07, 6.45) is 0. The smallest absolute Gasteiger partial charge is 0.308 e. The van der Waals surface area contributed by atoms with E-state index in [-0.39, 0.29) is 25.0 Å². The molecule has 2 amide bonds. The quantitative estimate of drug-likeness (QED) is 0.242. The van der Waals surface area contributed by atoms with Crippen LogP contribution in [0, 0.1) is 11.8 Å². The highest BCUT2D eigenvalue weighted by molar-refractivity contribution is 7.52. The summed E-state index contributed by atoms with van der Waals surface area (Å²) < 4.78 is 25.5. The summed E-state index contributed by atoms with van der Waals surface area (Å²) in [6.45, 7) is 10.1. The normalized spacial score (nSPS) is 11.5. The Hall–Kier alpha value is -1.89. The van der Waals surface area contributed by atoms with Gasteiger partial charge < -0.3 is 5.32 Å². The number of anilines is 2. The van der Waals surface area contributed by atoms with Gasteiger partial charge in [0.25, 0.3) is 0 Å². The Labute approximate surface area is 168 Å². The highest BCUT2D eigenvalue weighted by Gasteiger charge is 2.28. The minimum atomic E-state index is -3.74. The average Bonchev–Trinajstić information content (AvgIpc) is 2.60. The highest BCUT2D eigenvalue weighted by Crippen LogP contribution is 2.44. The SMILES string of the molecule is CC(Nc1ccc(NC(=O)NP(=O)(OCC(C)C)OCC(C)C)cc1)=[N+](C)C. The van der Waals surface area contributed by atoms with Crippen LogP contribution in [0.5, 0.6) is 0 Å². The standard InChI is InChI=1S/C19H33N4O4P/c1-14(2)12-26-28(25,27-13-15(3)4)22-19(24)21-18-10-8-17(9-11-18)20-16(5)23(6)7/h8-11,14-15H,12-13H2,1-7H3,(H2,21,22,24,25)/p+1. The van der Waals surface area contributed by atoms with Gasteiger partial charge in [-0.2, -0.15) is 0 Å². The van der Waals surface area contributed by atoms with Crippen molar-refractivity contribution in [3.63, 3.8) is 0 Å². The van der Waals surface area contributed by atoms with Crippen molar-refractivity contribution >= 4 is 31.0 Å². The van der Waals surface area contributed by atoms with E-state index < -0.39 is 13.8 Å². The van der Waals surface area contributed by atoms with Crippen LogP contribution in [0.1, 0.15) is 34.6 Å². The van der Waals surface area contributed by atoms with Gasteiger partial charge in [-0.15, -0.1) is 0 Å². The van der Waals surface area contributed by atoms with Crippen molar-refractivity contribution in [3.8, 4) is 0 Å².